The second-order valence-electron chi connectivity index (χ2n) is 2.16. The van der Waals surface area contributed by atoms with Crippen LogP contribution in [-0.2, 0) is 4.79 Å². The number of carbonyl (C=O) groups excluding carboxylic acids is 1. The van der Waals surface area contributed by atoms with Crippen molar-refractivity contribution < 1.29 is 10.0 Å². The summed E-state index contributed by atoms with van der Waals surface area (Å²) in [7, 11) is 4.84. The van der Waals surface area contributed by atoms with Gasteiger partial charge in [-0.25, -0.2) is 5.06 Å². The fourth-order valence-electron chi connectivity index (χ4n) is 0.373. The SMILES string of the molecule is CN(C)CC(=O)N(C)O.Cl. The Balaban J connectivity index is 0. The van der Waals surface area contributed by atoms with Crippen molar-refractivity contribution in [3.8, 4) is 0 Å². The Hall–Kier alpha value is -0.320. The van der Waals surface area contributed by atoms with Gasteiger partial charge in [-0.3, -0.25) is 10.0 Å². The zero-order valence-electron chi connectivity index (χ0n) is 6.37. The molecule has 4 nitrogen and oxygen atoms in total. The molecule has 10 heavy (non-hydrogen) atoms. The van der Waals surface area contributed by atoms with Gasteiger partial charge < -0.3 is 4.90 Å². The molecule has 0 rings (SSSR count). The topological polar surface area (TPSA) is 43.8 Å². The maximum atomic E-state index is 10.6. The summed E-state index contributed by atoms with van der Waals surface area (Å²) in [6, 6.07) is 0. The molecule has 0 heterocycles. The van der Waals surface area contributed by atoms with Crippen LogP contribution in [-0.4, -0.2) is 48.8 Å². The summed E-state index contributed by atoms with van der Waals surface area (Å²) in [5, 5.41) is 9.11. The van der Waals surface area contributed by atoms with E-state index in [1.807, 2.05) is 0 Å². The molecule has 0 radical (unpaired) electrons. The van der Waals surface area contributed by atoms with Crippen molar-refractivity contribution in [2.75, 3.05) is 27.7 Å². The third-order valence-corrected chi connectivity index (χ3v) is 0.812. The van der Waals surface area contributed by atoms with Crippen LogP contribution in [0.25, 0.3) is 0 Å². The normalized spacial score (nSPS) is 8.90. The van der Waals surface area contributed by atoms with Gasteiger partial charge in [0.1, 0.15) is 0 Å². The lowest BCUT2D eigenvalue weighted by molar-refractivity contribution is -0.159. The summed E-state index contributed by atoms with van der Waals surface area (Å²) in [5.74, 6) is -0.306. The number of halogens is 1. The van der Waals surface area contributed by atoms with Gasteiger partial charge in [0.25, 0.3) is 5.91 Å². The van der Waals surface area contributed by atoms with Crippen LogP contribution in [0.3, 0.4) is 0 Å². The molecule has 0 aliphatic heterocycles. The van der Waals surface area contributed by atoms with Crippen molar-refractivity contribution in [1.82, 2.24) is 9.96 Å². The van der Waals surface area contributed by atoms with Crippen molar-refractivity contribution >= 4 is 18.3 Å². The lowest BCUT2D eigenvalue weighted by atomic mass is 10.5. The van der Waals surface area contributed by atoms with Crippen molar-refractivity contribution in [1.29, 1.82) is 0 Å². The van der Waals surface area contributed by atoms with Gasteiger partial charge >= 0.3 is 0 Å². The van der Waals surface area contributed by atoms with Crippen LogP contribution >= 0.6 is 12.4 Å². The van der Waals surface area contributed by atoms with Crippen LogP contribution in [0.1, 0.15) is 0 Å². The van der Waals surface area contributed by atoms with E-state index in [0.29, 0.717) is 5.06 Å². The average molecular weight is 169 g/mol. The van der Waals surface area contributed by atoms with Crippen LogP contribution < -0.4 is 0 Å². The Bertz CT molecular complexity index is 106. The van der Waals surface area contributed by atoms with E-state index in [9.17, 15) is 4.79 Å². The first-order chi connectivity index (χ1) is 4.04. The summed E-state index contributed by atoms with van der Waals surface area (Å²) in [5.41, 5.74) is 0. The van der Waals surface area contributed by atoms with E-state index < -0.39 is 0 Å². The molecule has 0 atom stereocenters. The molecule has 0 aromatic rings. The van der Waals surface area contributed by atoms with Crippen LogP contribution in [0.4, 0.5) is 0 Å². The minimum Gasteiger partial charge on any atom is -0.301 e. The summed E-state index contributed by atoms with van der Waals surface area (Å²) in [6.07, 6.45) is 0. The summed E-state index contributed by atoms with van der Waals surface area (Å²) < 4.78 is 0. The molecule has 0 unspecified atom stereocenters. The zero-order valence-corrected chi connectivity index (χ0v) is 7.18. The third kappa shape index (κ3) is 5.81. The lowest BCUT2D eigenvalue weighted by Crippen LogP contribution is -2.32. The molecule has 5 heteroatoms. The van der Waals surface area contributed by atoms with Gasteiger partial charge in [0.15, 0.2) is 0 Å². The Morgan fingerprint density at radius 2 is 1.80 bits per heavy atom. The maximum absolute atomic E-state index is 10.6. The monoisotopic (exact) mass is 168 g/mol. The molecular formula is C5H13ClN2O2. The van der Waals surface area contributed by atoms with E-state index in [-0.39, 0.29) is 24.9 Å². The standard InChI is InChI=1S/C5H12N2O2.ClH/c1-6(2)4-5(8)7(3)9;/h9H,4H2,1-3H3;1H. The zero-order chi connectivity index (χ0) is 7.44. The predicted molar refractivity (Wildman–Crippen MR) is 40.4 cm³/mol. The van der Waals surface area contributed by atoms with E-state index in [0.717, 1.165) is 0 Å². The van der Waals surface area contributed by atoms with Gasteiger partial charge in [0, 0.05) is 7.05 Å². The predicted octanol–water partition coefficient (Wildman–Crippen LogP) is -0.183. The fourth-order valence-corrected chi connectivity index (χ4v) is 0.373. The van der Waals surface area contributed by atoms with E-state index >= 15 is 0 Å². The largest absolute Gasteiger partial charge is 0.301 e. The van der Waals surface area contributed by atoms with E-state index in [1.54, 1.807) is 19.0 Å². The molecule has 1 N–H and O–H groups in total. The van der Waals surface area contributed by atoms with E-state index in [2.05, 4.69) is 0 Å². The maximum Gasteiger partial charge on any atom is 0.259 e. The highest BCUT2D eigenvalue weighted by molar-refractivity contribution is 5.85. The van der Waals surface area contributed by atoms with Crippen LogP contribution in [0.5, 0.6) is 0 Å². The first-order valence-electron chi connectivity index (χ1n) is 2.64. The number of amides is 1. The Labute approximate surface area is 66.8 Å². The van der Waals surface area contributed by atoms with Gasteiger partial charge in [-0.1, -0.05) is 0 Å². The average Bonchev–Trinajstić information content (AvgIpc) is 1.63. The van der Waals surface area contributed by atoms with Gasteiger partial charge in [-0.15, -0.1) is 12.4 Å². The highest BCUT2D eigenvalue weighted by Gasteiger charge is 2.04. The molecule has 0 aliphatic rings. The van der Waals surface area contributed by atoms with Gasteiger partial charge in [-0.2, -0.15) is 0 Å². The molecule has 0 saturated heterocycles. The van der Waals surface area contributed by atoms with Gasteiger partial charge in [0.05, 0.1) is 6.54 Å². The van der Waals surface area contributed by atoms with Crippen LogP contribution in [0.2, 0.25) is 0 Å². The molecule has 0 bridgehead atoms. The highest BCUT2D eigenvalue weighted by Crippen LogP contribution is 1.79. The molecule has 0 aromatic carbocycles. The summed E-state index contributed by atoms with van der Waals surface area (Å²) in [6.45, 7) is 0.243. The minimum absolute atomic E-state index is 0. The van der Waals surface area contributed by atoms with Crippen LogP contribution in [0.15, 0.2) is 0 Å². The number of hydroxylamine groups is 2. The minimum atomic E-state index is -0.306. The summed E-state index contributed by atoms with van der Waals surface area (Å²) >= 11 is 0. The third-order valence-electron chi connectivity index (χ3n) is 0.812. The van der Waals surface area contributed by atoms with Crippen molar-refractivity contribution in [2.24, 2.45) is 0 Å². The number of carbonyl (C=O) groups is 1. The molecule has 0 saturated carbocycles. The fraction of sp³-hybridized carbons (Fsp3) is 0.800. The lowest BCUT2D eigenvalue weighted by Gasteiger charge is -2.11. The Morgan fingerprint density at radius 1 is 1.40 bits per heavy atom. The smallest absolute Gasteiger partial charge is 0.259 e. The highest BCUT2D eigenvalue weighted by atomic mass is 35.5. The first kappa shape index (κ1) is 12.4. The second-order valence-corrected chi connectivity index (χ2v) is 2.16. The summed E-state index contributed by atoms with van der Waals surface area (Å²) in [4.78, 5) is 12.3. The van der Waals surface area contributed by atoms with E-state index in [4.69, 9.17) is 5.21 Å². The van der Waals surface area contributed by atoms with Crippen molar-refractivity contribution in [3.63, 3.8) is 0 Å². The van der Waals surface area contributed by atoms with E-state index in [1.165, 1.54) is 7.05 Å². The Morgan fingerprint density at radius 3 is 1.90 bits per heavy atom. The molecule has 62 valence electrons. The molecule has 1 amide bonds. The first-order valence-corrected chi connectivity index (χ1v) is 2.64. The molecule has 0 aliphatic carbocycles. The molecule has 0 fully saturated rings. The number of likely N-dealkylation sites (N-methyl/N-ethyl adjacent to an activating group) is 2. The molecule has 0 spiro atoms. The van der Waals surface area contributed by atoms with Gasteiger partial charge in [-0.05, 0) is 14.1 Å². The van der Waals surface area contributed by atoms with Crippen molar-refractivity contribution in [2.45, 2.75) is 0 Å². The number of rotatable bonds is 2. The number of hydrogen-bond donors (Lipinski definition) is 1. The van der Waals surface area contributed by atoms with Gasteiger partial charge in [0.2, 0.25) is 0 Å². The number of nitrogens with zero attached hydrogens (tertiary/aromatic N) is 2. The van der Waals surface area contributed by atoms with Crippen molar-refractivity contribution in [3.05, 3.63) is 0 Å². The Kier molecular flexibility index (Phi) is 6.76. The van der Waals surface area contributed by atoms with Crippen LogP contribution in [0, 0.1) is 0 Å². The molecule has 0 aromatic heterocycles. The number of hydrogen-bond acceptors (Lipinski definition) is 3. The second kappa shape index (κ2) is 5.46. The quantitative estimate of drug-likeness (QED) is 0.460. The molecular weight excluding hydrogens is 156 g/mol.